The molecule has 0 atom stereocenters. The molecule has 234 valence electrons. The van der Waals surface area contributed by atoms with Crippen LogP contribution in [0.15, 0.2) is 170 Å². The summed E-state index contributed by atoms with van der Waals surface area (Å²) >= 11 is 0. The molecule has 4 aromatic heterocycles. The predicted molar refractivity (Wildman–Crippen MR) is 203 cm³/mol. The highest BCUT2D eigenvalue weighted by Crippen LogP contribution is 2.41. The summed E-state index contributed by atoms with van der Waals surface area (Å²) in [6.45, 7) is 0. The van der Waals surface area contributed by atoms with Gasteiger partial charge < -0.3 is 4.57 Å². The molecule has 10 rings (SSSR count). The molecule has 0 bridgehead atoms. The van der Waals surface area contributed by atoms with E-state index in [9.17, 15) is 0 Å². The predicted octanol–water partition coefficient (Wildman–Crippen LogP) is 10.5. The monoisotopic (exact) mass is 640 g/mol. The van der Waals surface area contributed by atoms with Gasteiger partial charge in [-0.25, -0.2) is 4.98 Å². The number of rotatable bonds is 5. The smallest absolute Gasteiger partial charge is 0.238 e. The molecule has 0 spiro atoms. The first-order chi connectivity index (χ1) is 24.8. The van der Waals surface area contributed by atoms with Crippen LogP contribution in [0, 0.1) is 0 Å². The van der Waals surface area contributed by atoms with Crippen molar-refractivity contribution in [3.63, 3.8) is 0 Å². The molecule has 0 saturated carbocycles. The second-order valence-corrected chi connectivity index (χ2v) is 12.3. The summed E-state index contributed by atoms with van der Waals surface area (Å²) in [5.74, 6) is 1.75. The van der Waals surface area contributed by atoms with E-state index in [4.69, 9.17) is 15.0 Å². The maximum Gasteiger partial charge on any atom is 0.238 e. The van der Waals surface area contributed by atoms with Gasteiger partial charge in [-0.1, -0.05) is 127 Å². The van der Waals surface area contributed by atoms with E-state index in [2.05, 4.69) is 148 Å². The molecule has 0 radical (unpaired) electrons. The number of benzene rings is 6. The van der Waals surface area contributed by atoms with Crippen LogP contribution in [0.2, 0.25) is 0 Å². The van der Waals surface area contributed by atoms with Crippen molar-refractivity contribution < 1.29 is 0 Å². The van der Waals surface area contributed by atoms with Crippen LogP contribution < -0.4 is 0 Å². The van der Waals surface area contributed by atoms with Crippen LogP contribution in [-0.4, -0.2) is 29.1 Å². The fourth-order valence-electron chi connectivity index (χ4n) is 7.31. The van der Waals surface area contributed by atoms with Gasteiger partial charge in [-0.3, -0.25) is 9.55 Å². The minimum absolute atomic E-state index is 0.561. The molecule has 6 nitrogen and oxygen atoms in total. The molecule has 10 aromatic rings. The van der Waals surface area contributed by atoms with E-state index in [1.165, 1.54) is 0 Å². The number of aromatic nitrogens is 6. The number of nitrogens with zero attached hydrogens (tertiary/aromatic N) is 6. The SMILES string of the molecule is c1ccc(-c2nc(-c3cccc(-c4ccccc4)c3-n3c4ccccc4c4ccncc43)nc(-n3c4ccccc4c4ccccc43)n2)cc1. The Morgan fingerprint density at radius 1 is 0.360 bits per heavy atom. The van der Waals surface area contributed by atoms with E-state index in [1.54, 1.807) is 0 Å². The zero-order valence-electron chi connectivity index (χ0n) is 26.8. The molecule has 0 fully saturated rings. The highest BCUT2D eigenvalue weighted by Gasteiger charge is 2.23. The van der Waals surface area contributed by atoms with Crippen molar-refractivity contribution in [3.05, 3.63) is 170 Å². The summed E-state index contributed by atoms with van der Waals surface area (Å²) < 4.78 is 4.48. The maximum atomic E-state index is 5.35. The van der Waals surface area contributed by atoms with Gasteiger partial charge in [0, 0.05) is 44.4 Å². The number of para-hydroxylation sites is 4. The third-order valence-corrected chi connectivity index (χ3v) is 9.50. The summed E-state index contributed by atoms with van der Waals surface area (Å²) in [7, 11) is 0. The third-order valence-electron chi connectivity index (χ3n) is 9.50. The normalized spacial score (nSPS) is 11.6. The van der Waals surface area contributed by atoms with E-state index in [0.29, 0.717) is 17.6 Å². The Bertz CT molecular complexity index is 2760. The lowest BCUT2D eigenvalue weighted by Gasteiger charge is -2.19. The highest BCUT2D eigenvalue weighted by molar-refractivity contribution is 6.11. The number of fused-ring (bicyclic) bond motifs is 6. The van der Waals surface area contributed by atoms with E-state index in [1.807, 2.05) is 36.7 Å². The summed E-state index contributed by atoms with van der Waals surface area (Å²) in [6, 6.07) is 54.6. The number of hydrogen-bond acceptors (Lipinski definition) is 4. The van der Waals surface area contributed by atoms with Gasteiger partial charge >= 0.3 is 0 Å². The van der Waals surface area contributed by atoms with Gasteiger partial charge in [0.1, 0.15) is 0 Å². The lowest BCUT2D eigenvalue weighted by atomic mass is 9.99. The second-order valence-electron chi connectivity index (χ2n) is 12.3. The first-order valence-electron chi connectivity index (χ1n) is 16.7. The Kier molecular flexibility index (Phi) is 6.39. The van der Waals surface area contributed by atoms with Gasteiger partial charge in [-0.05, 0) is 35.9 Å². The fourth-order valence-corrected chi connectivity index (χ4v) is 7.31. The van der Waals surface area contributed by atoms with Gasteiger partial charge in [-0.2, -0.15) is 9.97 Å². The molecule has 6 aromatic carbocycles. The van der Waals surface area contributed by atoms with Crippen LogP contribution in [0.25, 0.3) is 89.2 Å². The highest BCUT2D eigenvalue weighted by atomic mass is 15.2. The van der Waals surface area contributed by atoms with E-state index < -0.39 is 0 Å². The summed E-state index contributed by atoms with van der Waals surface area (Å²) in [6.07, 6.45) is 3.81. The van der Waals surface area contributed by atoms with Crippen LogP contribution in [0.3, 0.4) is 0 Å². The lowest BCUT2D eigenvalue weighted by Crippen LogP contribution is -2.08. The molecule has 0 aliphatic heterocycles. The van der Waals surface area contributed by atoms with Crippen molar-refractivity contribution in [3.8, 4) is 45.5 Å². The molecule has 50 heavy (non-hydrogen) atoms. The maximum absolute atomic E-state index is 5.35. The molecule has 0 saturated heterocycles. The van der Waals surface area contributed by atoms with Gasteiger partial charge in [0.15, 0.2) is 11.6 Å². The van der Waals surface area contributed by atoms with Crippen molar-refractivity contribution in [2.45, 2.75) is 0 Å². The molecular formula is C44H28N6. The van der Waals surface area contributed by atoms with Crippen molar-refractivity contribution in [2.24, 2.45) is 0 Å². The van der Waals surface area contributed by atoms with Gasteiger partial charge in [-0.15, -0.1) is 0 Å². The van der Waals surface area contributed by atoms with E-state index >= 15 is 0 Å². The first-order valence-corrected chi connectivity index (χ1v) is 16.7. The van der Waals surface area contributed by atoms with Crippen LogP contribution in [0.1, 0.15) is 0 Å². The topological polar surface area (TPSA) is 61.4 Å². The first kappa shape index (κ1) is 28.1. The number of pyridine rings is 1. The van der Waals surface area contributed by atoms with Crippen LogP contribution in [0.4, 0.5) is 0 Å². The summed E-state index contributed by atoms with van der Waals surface area (Å²) in [5.41, 5.74) is 9.12. The molecule has 0 N–H and O–H groups in total. The van der Waals surface area contributed by atoms with E-state index in [0.717, 1.165) is 71.6 Å². The molecule has 0 aliphatic rings. The quantitative estimate of drug-likeness (QED) is 0.188. The van der Waals surface area contributed by atoms with Crippen molar-refractivity contribution in [1.29, 1.82) is 0 Å². The van der Waals surface area contributed by atoms with Crippen LogP contribution in [-0.2, 0) is 0 Å². The zero-order chi connectivity index (χ0) is 33.0. The van der Waals surface area contributed by atoms with Gasteiger partial charge in [0.2, 0.25) is 5.95 Å². The molecule has 0 unspecified atom stereocenters. The minimum Gasteiger partial charge on any atom is -0.306 e. The Labute approximate surface area is 287 Å². The fraction of sp³-hybridized carbons (Fsp3) is 0. The summed E-state index contributed by atoms with van der Waals surface area (Å²) in [5, 5.41) is 4.59. The van der Waals surface area contributed by atoms with Crippen molar-refractivity contribution in [1.82, 2.24) is 29.1 Å². The number of hydrogen-bond donors (Lipinski definition) is 0. The molecular weight excluding hydrogens is 613 g/mol. The Balaban J connectivity index is 1.34. The Hall–Kier alpha value is -6.92. The Morgan fingerprint density at radius 2 is 0.880 bits per heavy atom. The molecule has 4 heterocycles. The van der Waals surface area contributed by atoms with Gasteiger partial charge in [0.25, 0.3) is 0 Å². The minimum atomic E-state index is 0.561. The zero-order valence-corrected chi connectivity index (χ0v) is 26.8. The van der Waals surface area contributed by atoms with Crippen LogP contribution in [0.5, 0.6) is 0 Å². The molecule has 0 amide bonds. The summed E-state index contributed by atoms with van der Waals surface area (Å²) in [4.78, 5) is 20.4. The third kappa shape index (κ3) is 4.36. The van der Waals surface area contributed by atoms with Crippen molar-refractivity contribution in [2.75, 3.05) is 0 Å². The van der Waals surface area contributed by atoms with Gasteiger partial charge in [0.05, 0.1) is 34.0 Å². The van der Waals surface area contributed by atoms with Crippen LogP contribution >= 0.6 is 0 Å². The Morgan fingerprint density at radius 3 is 1.54 bits per heavy atom. The standard InChI is InChI=1S/C44H28N6/c1-3-14-29(15-4-1)31-21-13-22-36(41(31)49-37-23-10-7-20-34(37)35-26-27-45-28-40(35)49)43-46-42(30-16-5-2-6-17-30)47-44(48-43)50-38-24-11-8-18-32(38)33-19-9-12-25-39(33)50/h1-28H. The molecule has 0 aliphatic carbocycles. The second kappa shape index (κ2) is 11.4. The average molecular weight is 641 g/mol. The van der Waals surface area contributed by atoms with Crippen molar-refractivity contribution >= 4 is 43.6 Å². The average Bonchev–Trinajstić information content (AvgIpc) is 3.71. The molecule has 6 heteroatoms. The largest absolute Gasteiger partial charge is 0.306 e. The van der Waals surface area contributed by atoms with E-state index in [-0.39, 0.29) is 0 Å². The lowest BCUT2D eigenvalue weighted by molar-refractivity contribution is 0.951.